The number of hydrogen-bond donors (Lipinski definition) is 0. The maximum atomic E-state index is 5.36. The Morgan fingerprint density at radius 2 is 1.12 bits per heavy atom. The van der Waals surface area contributed by atoms with Gasteiger partial charge in [0, 0.05) is 0 Å². The molecule has 7 aromatic carbocycles. The molecule has 202 valence electrons. The summed E-state index contributed by atoms with van der Waals surface area (Å²) in [7, 11) is 0. The van der Waals surface area contributed by atoms with Gasteiger partial charge in [0.05, 0.1) is 0 Å². The normalized spacial score (nSPS) is 12.3. The molecule has 0 saturated carbocycles. The van der Waals surface area contributed by atoms with Gasteiger partial charge >= 0.3 is 257 Å². The molecule has 0 radical (unpaired) electrons. The van der Waals surface area contributed by atoms with Gasteiger partial charge in [-0.15, -0.1) is 0 Å². The molecular weight excluding hydrogens is 606 g/mol. The van der Waals surface area contributed by atoms with Crippen LogP contribution >= 0.6 is 5.51 Å². The van der Waals surface area contributed by atoms with Gasteiger partial charge in [-0.3, -0.25) is 0 Å². The van der Waals surface area contributed by atoms with Gasteiger partial charge in [-0.25, -0.2) is 0 Å². The molecule has 0 N–H and O–H groups in total. The number of rotatable bonds is 3. The van der Waals surface area contributed by atoms with Crippen LogP contribution in [0.4, 0.5) is 0 Å². The molecule has 0 amide bonds. The predicted molar refractivity (Wildman–Crippen MR) is 187 cm³/mol. The van der Waals surface area contributed by atoms with Gasteiger partial charge in [-0.2, -0.15) is 0 Å². The second-order valence-corrected chi connectivity index (χ2v) is 17.3. The average molecular weight is 632 g/mol. The van der Waals surface area contributed by atoms with E-state index in [1.807, 2.05) is 0 Å². The number of nitrogens with zero attached hydrogens (tertiary/aromatic N) is 2. The minimum absolute atomic E-state index is 1.00. The number of para-hydroxylation sites is 2. The van der Waals surface area contributed by atoms with Gasteiger partial charge in [0.1, 0.15) is 0 Å². The summed E-state index contributed by atoms with van der Waals surface area (Å²) >= 11 is 3.82. The Balaban J connectivity index is 1.56. The van der Waals surface area contributed by atoms with E-state index in [1.165, 1.54) is 59.1 Å². The molecule has 0 atom stereocenters. The zero-order valence-electron chi connectivity index (χ0n) is 23.2. The van der Waals surface area contributed by atoms with Gasteiger partial charge in [-0.1, -0.05) is 0 Å². The third-order valence-corrected chi connectivity index (χ3v) is 15.8. The predicted octanol–water partition coefficient (Wildman–Crippen LogP) is 8.48. The summed E-state index contributed by atoms with van der Waals surface area (Å²) in [5, 5.41) is 12.6. The van der Waals surface area contributed by atoms with Crippen molar-refractivity contribution >= 4 is 96.4 Å². The first-order valence-corrected chi connectivity index (χ1v) is 18.5. The first-order chi connectivity index (χ1) is 21.2. The van der Waals surface area contributed by atoms with E-state index in [-0.39, 0.29) is 0 Å². The van der Waals surface area contributed by atoms with E-state index in [0.29, 0.717) is 0 Å². The van der Waals surface area contributed by atoms with Crippen LogP contribution in [0.3, 0.4) is 0 Å². The average Bonchev–Trinajstić information content (AvgIpc) is 3.47. The number of pyridine rings is 1. The molecule has 0 unspecified atom stereocenters. The molecule has 2 aromatic heterocycles. The molecule has 0 spiro atoms. The van der Waals surface area contributed by atoms with E-state index in [1.54, 1.807) is 0 Å². The van der Waals surface area contributed by atoms with Crippen molar-refractivity contribution < 1.29 is 0 Å². The third-order valence-electron chi connectivity index (χ3n) is 8.78. The van der Waals surface area contributed by atoms with Crippen molar-refractivity contribution in [2.45, 2.75) is 0 Å². The van der Waals surface area contributed by atoms with E-state index in [9.17, 15) is 0 Å². The fraction of sp³-hybridized carbons (Fsp3) is 0. The summed E-state index contributed by atoms with van der Waals surface area (Å²) < 4.78 is 2.39. The van der Waals surface area contributed by atoms with Gasteiger partial charge in [-0.05, 0) is 0 Å². The molecule has 9 rings (SSSR count). The van der Waals surface area contributed by atoms with Gasteiger partial charge in [0.2, 0.25) is 0 Å². The number of imidazole rings is 1. The molecule has 2 heterocycles. The number of benzene rings is 7. The summed E-state index contributed by atoms with van der Waals surface area (Å²) in [5.74, 6) is 0. The molecule has 9 aromatic rings. The second-order valence-electron chi connectivity index (χ2n) is 11.1. The van der Waals surface area contributed by atoms with Crippen molar-refractivity contribution in [1.29, 1.82) is 0 Å². The number of aromatic nitrogens is 2. The quantitative estimate of drug-likeness (QED) is 0.0828. The van der Waals surface area contributed by atoms with Crippen LogP contribution < -0.4 is 15.9 Å². The number of fused-ring (bicyclic) bond motifs is 11. The van der Waals surface area contributed by atoms with E-state index < -0.39 is 5.51 Å². The summed E-state index contributed by atoms with van der Waals surface area (Å²) in [6, 6.07) is 55.3. The van der Waals surface area contributed by atoms with E-state index in [2.05, 4.69) is 171 Å². The fourth-order valence-electron chi connectivity index (χ4n) is 6.85. The van der Waals surface area contributed by atoms with Crippen molar-refractivity contribution in [3.63, 3.8) is 0 Å². The van der Waals surface area contributed by atoms with Crippen LogP contribution in [0.1, 0.15) is 0 Å². The SMILES string of the molecule is [Se]=P(c1ccccc1)(c1ccccc1)c1cccc2ccc3c4cc5ccccc5cc4n4c5ccccc5nc4c3c12. The third kappa shape index (κ3) is 3.60. The Hall–Kier alpha value is -4.52. The Labute approximate surface area is 256 Å². The van der Waals surface area contributed by atoms with Crippen LogP contribution in [0.2, 0.25) is 0 Å². The molecular formula is C39H25N2PSe. The molecule has 0 aliphatic rings. The van der Waals surface area contributed by atoms with Crippen molar-refractivity contribution in [1.82, 2.24) is 9.38 Å². The first kappa shape index (κ1) is 25.0. The molecule has 2 nitrogen and oxygen atoms in total. The van der Waals surface area contributed by atoms with Gasteiger partial charge in [0.15, 0.2) is 0 Å². The fourth-order valence-corrected chi connectivity index (χ4v) is 12.2. The van der Waals surface area contributed by atoms with Gasteiger partial charge in [0.25, 0.3) is 0 Å². The van der Waals surface area contributed by atoms with Crippen LogP contribution in [-0.2, 0) is 0 Å². The van der Waals surface area contributed by atoms with Crippen LogP contribution in [0.15, 0.2) is 152 Å². The molecule has 0 aliphatic carbocycles. The summed E-state index contributed by atoms with van der Waals surface area (Å²) in [6.07, 6.45) is 0. The summed E-state index contributed by atoms with van der Waals surface area (Å²) in [6.45, 7) is 0. The Morgan fingerprint density at radius 3 is 1.86 bits per heavy atom. The van der Waals surface area contributed by atoms with Crippen molar-refractivity contribution in [3.8, 4) is 0 Å². The van der Waals surface area contributed by atoms with Crippen LogP contribution in [0, 0.1) is 0 Å². The summed E-state index contributed by atoms with van der Waals surface area (Å²) in [5.41, 5.74) is 2.17. The second kappa shape index (κ2) is 9.49. The summed E-state index contributed by atoms with van der Waals surface area (Å²) in [4.78, 5) is 5.36. The van der Waals surface area contributed by atoms with Crippen molar-refractivity contribution in [3.05, 3.63) is 152 Å². The standard InChI is InChI=1S/C39H25N2PSe/c43-42(29-15-3-1-4-16-29,30-17-5-2-6-18-30)36-21-11-14-26-22-23-31-32-24-27-12-7-8-13-28(27)25-35(32)41-34-20-10-9-19-33(34)40-39(41)38(31)37(26)36/h1-25H. The Kier molecular flexibility index (Phi) is 5.52. The van der Waals surface area contributed by atoms with Crippen LogP contribution in [-0.4, -0.2) is 24.5 Å². The zero-order valence-corrected chi connectivity index (χ0v) is 25.8. The number of hydrogen-bond acceptors (Lipinski definition) is 1. The molecule has 0 fully saturated rings. The first-order valence-electron chi connectivity index (χ1n) is 14.5. The maximum absolute atomic E-state index is 5.36. The molecule has 43 heavy (non-hydrogen) atoms. The van der Waals surface area contributed by atoms with E-state index >= 15 is 0 Å². The van der Waals surface area contributed by atoms with Crippen molar-refractivity contribution in [2.75, 3.05) is 0 Å². The van der Waals surface area contributed by atoms with Gasteiger partial charge < -0.3 is 0 Å². The molecule has 0 saturated heterocycles. The van der Waals surface area contributed by atoms with Crippen LogP contribution in [0.5, 0.6) is 0 Å². The molecule has 0 bridgehead atoms. The Bertz CT molecular complexity index is 2540. The van der Waals surface area contributed by atoms with E-state index in [0.717, 1.165) is 16.7 Å². The minimum atomic E-state index is -2.15. The molecule has 0 aliphatic heterocycles. The Morgan fingerprint density at radius 1 is 0.488 bits per heavy atom. The zero-order chi connectivity index (χ0) is 28.5. The molecule has 4 heteroatoms. The van der Waals surface area contributed by atoms with Crippen LogP contribution in [0.25, 0.3) is 59.9 Å². The van der Waals surface area contributed by atoms with E-state index in [4.69, 9.17) is 4.98 Å². The van der Waals surface area contributed by atoms with Crippen molar-refractivity contribution in [2.24, 2.45) is 0 Å². The monoisotopic (exact) mass is 632 g/mol. The topological polar surface area (TPSA) is 17.3 Å².